The van der Waals surface area contributed by atoms with Gasteiger partial charge in [-0.05, 0) is 13.3 Å². The molecule has 1 aliphatic heterocycles. The van der Waals surface area contributed by atoms with Crippen LogP contribution in [0.5, 0.6) is 0 Å². The zero-order chi connectivity index (χ0) is 10.8. The van der Waals surface area contributed by atoms with Crippen LogP contribution in [0, 0.1) is 0 Å². The summed E-state index contributed by atoms with van der Waals surface area (Å²) in [5.74, 6) is -1.08. The third-order valence-corrected chi connectivity index (χ3v) is 1.95. The van der Waals surface area contributed by atoms with Gasteiger partial charge < -0.3 is 8.92 Å². The van der Waals surface area contributed by atoms with Gasteiger partial charge in [0.05, 0.1) is 12.7 Å². The van der Waals surface area contributed by atoms with Gasteiger partial charge in [0, 0.05) is 5.57 Å². The van der Waals surface area contributed by atoms with Crippen LogP contribution < -0.4 is 0 Å². The van der Waals surface area contributed by atoms with Crippen LogP contribution >= 0.6 is 0 Å². The SMILES string of the molecule is CC(=CCC1CO1)C(=O)OS(=O)(=O)O. The second-order valence-electron chi connectivity index (χ2n) is 2.88. The second-order valence-corrected chi connectivity index (χ2v) is 3.90. The summed E-state index contributed by atoms with van der Waals surface area (Å²) in [7, 11) is -4.71. The molecule has 0 aromatic carbocycles. The van der Waals surface area contributed by atoms with Gasteiger partial charge in [-0.3, -0.25) is 4.55 Å². The highest BCUT2D eigenvalue weighted by Crippen LogP contribution is 2.15. The van der Waals surface area contributed by atoms with Gasteiger partial charge in [0.2, 0.25) is 0 Å². The minimum absolute atomic E-state index is 0.114. The Morgan fingerprint density at radius 2 is 2.29 bits per heavy atom. The Kier molecular flexibility index (Phi) is 3.25. The smallest absolute Gasteiger partial charge is 0.373 e. The second kappa shape index (κ2) is 4.07. The molecular formula is C7H10O6S. The van der Waals surface area contributed by atoms with Crippen molar-refractivity contribution >= 4 is 16.4 Å². The van der Waals surface area contributed by atoms with Crippen LogP contribution in [0.3, 0.4) is 0 Å². The van der Waals surface area contributed by atoms with Gasteiger partial charge in [0.25, 0.3) is 0 Å². The topological polar surface area (TPSA) is 93.2 Å². The number of rotatable bonds is 4. The van der Waals surface area contributed by atoms with Crippen molar-refractivity contribution in [2.75, 3.05) is 6.61 Å². The molecule has 1 rings (SSSR count). The monoisotopic (exact) mass is 222 g/mol. The van der Waals surface area contributed by atoms with Crippen molar-refractivity contribution < 1.29 is 26.7 Å². The molecule has 0 aromatic heterocycles. The molecule has 0 bridgehead atoms. The van der Waals surface area contributed by atoms with E-state index in [1.807, 2.05) is 0 Å². The van der Waals surface area contributed by atoms with Crippen molar-refractivity contribution in [3.8, 4) is 0 Å². The first-order valence-electron chi connectivity index (χ1n) is 3.88. The third kappa shape index (κ3) is 4.35. The summed E-state index contributed by atoms with van der Waals surface area (Å²) in [6.07, 6.45) is 2.15. The number of hydrogen-bond donors (Lipinski definition) is 1. The summed E-state index contributed by atoms with van der Waals surface area (Å²) >= 11 is 0. The predicted octanol–water partition coefficient (Wildman–Crippen LogP) is 0.0676. The van der Waals surface area contributed by atoms with Crippen LogP contribution in [-0.2, 0) is 24.1 Å². The molecule has 80 valence electrons. The Morgan fingerprint density at radius 1 is 1.71 bits per heavy atom. The van der Waals surface area contributed by atoms with E-state index >= 15 is 0 Å². The van der Waals surface area contributed by atoms with Crippen molar-refractivity contribution in [1.29, 1.82) is 0 Å². The van der Waals surface area contributed by atoms with Crippen molar-refractivity contribution in [2.45, 2.75) is 19.4 Å². The Morgan fingerprint density at radius 3 is 2.71 bits per heavy atom. The molecule has 1 aliphatic rings. The highest BCUT2D eigenvalue weighted by atomic mass is 32.3. The maximum atomic E-state index is 10.9. The maximum Gasteiger partial charge on any atom is 0.449 e. The van der Waals surface area contributed by atoms with Gasteiger partial charge in [-0.1, -0.05) is 6.08 Å². The largest absolute Gasteiger partial charge is 0.449 e. The lowest BCUT2D eigenvalue weighted by Gasteiger charge is -1.99. The van der Waals surface area contributed by atoms with Crippen molar-refractivity contribution in [1.82, 2.24) is 0 Å². The molecule has 0 amide bonds. The average Bonchev–Trinajstić information content (AvgIpc) is 2.79. The predicted molar refractivity (Wildman–Crippen MR) is 45.8 cm³/mol. The van der Waals surface area contributed by atoms with Crippen molar-refractivity contribution in [3.63, 3.8) is 0 Å². The molecule has 1 fully saturated rings. The quantitative estimate of drug-likeness (QED) is 0.411. The van der Waals surface area contributed by atoms with E-state index in [9.17, 15) is 13.2 Å². The number of epoxide rings is 1. The lowest BCUT2D eigenvalue weighted by molar-refractivity contribution is -0.130. The van der Waals surface area contributed by atoms with Gasteiger partial charge in [-0.15, -0.1) is 0 Å². The molecule has 0 saturated carbocycles. The van der Waals surface area contributed by atoms with Crippen LogP contribution in [-0.4, -0.2) is 31.7 Å². The van der Waals surface area contributed by atoms with Crippen LogP contribution in [0.2, 0.25) is 0 Å². The molecule has 6 nitrogen and oxygen atoms in total. The van der Waals surface area contributed by atoms with Gasteiger partial charge >= 0.3 is 16.4 Å². The summed E-state index contributed by atoms with van der Waals surface area (Å²) in [5.41, 5.74) is 0.123. The van der Waals surface area contributed by atoms with Crippen molar-refractivity contribution in [3.05, 3.63) is 11.6 Å². The molecule has 1 saturated heterocycles. The zero-order valence-electron chi connectivity index (χ0n) is 7.47. The molecule has 1 unspecified atom stereocenters. The summed E-state index contributed by atoms with van der Waals surface area (Å²) in [5, 5.41) is 0. The molecule has 0 radical (unpaired) electrons. The number of ether oxygens (including phenoxy) is 1. The summed E-state index contributed by atoms with van der Waals surface area (Å²) in [6, 6.07) is 0. The molecule has 14 heavy (non-hydrogen) atoms. The molecule has 0 spiro atoms. The Hall–Kier alpha value is -0.920. The lowest BCUT2D eigenvalue weighted by Crippen LogP contribution is -2.12. The van der Waals surface area contributed by atoms with E-state index in [0.29, 0.717) is 13.0 Å². The fourth-order valence-corrected chi connectivity index (χ4v) is 1.08. The van der Waals surface area contributed by atoms with E-state index in [2.05, 4.69) is 4.18 Å². The zero-order valence-corrected chi connectivity index (χ0v) is 8.28. The van der Waals surface area contributed by atoms with Crippen LogP contribution in [0.25, 0.3) is 0 Å². The molecule has 0 aromatic rings. The fourth-order valence-electron chi connectivity index (χ4n) is 0.757. The Balaban J connectivity index is 2.46. The highest BCUT2D eigenvalue weighted by Gasteiger charge is 2.22. The normalized spacial score (nSPS) is 21.9. The van der Waals surface area contributed by atoms with E-state index in [1.165, 1.54) is 13.0 Å². The minimum Gasteiger partial charge on any atom is -0.373 e. The lowest BCUT2D eigenvalue weighted by atomic mass is 10.2. The van der Waals surface area contributed by atoms with E-state index in [-0.39, 0.29) is 11.7 Å². The summed E-state index contributed by atoms with van der Waals surface area (Å²) < 4.78 is 37.1. The maximum absolute atomic E-state index is 10.9. The van der Waals surface area contributed by atoms with E-state index in [1.54, 1.807) is 0 Å². The van der Waals surface area contributed by atoms with E-state index in [0.717, 1.165) is 0 Å². The molecular weight excluding hydrogens is 212 g/mol. The molecule has 0 aliphatic carbocycles. The first-order valence-corrected chi connectivity index (χ1v) is 5.24. The van der Waals surface area contributed by atoms with Gasteiger partial charge in [-0.25, -0.2) is 4.79 Å². The number of carbonyl (C=O) groups is 1. The van der Waals surface area contributed by atoms with Gasteiger partial charge in [-0.2, -0.15) is 8.42 Å². The minimum atomic E-state index is -4.71. The summed E-state index contributed by atoms with van der Waals surface area (Å²) in [6.45, 7) is 2.05. The third-order valence-electron chi connectivity index (χ3n) is 1.59. The molecule has 1 atom stereocenters. The molecule has 1 heterocycles. The number of hydrogen-bond acceptors (Lipinski definition) is 5. The Labute approximate surface area is 81.5 Å². The van der Waals surface area contributed by atoms with Gasteiger partial charge in [0.15, 0.2) is 0 Å². The fraction of sp³-hybridized carbons (Fsp3) is 0.571. The molecule has 1 N–H and O–H groups in total. The van der Waals surface area contributed by atoms with Crippen molar-refractivity contribution in [2.24, 2.45) is 0 Å². The standard InChI is InChI=1S/C7H10O6S/c1-5(2-3-6-4-12-6)7(8)13-14(9,10)11/h2,6H,3-4H2,1H3,(H,9,10,11). The summed E-state index contributed by atoms with van der Waals surface area (Å²) in [4.78, 5) is 10.9. The van der Waals surface area contributed by atoms with Crippen LogP contribution in [0.15, 0.2) is 11.6 Å². The first kappa shape index (κ1) is 11.2. The highest BCUT2D eigenvalue weighted by molar-refractivity contribution is 7.81. The molecule has 7 heteroatoms. The average molecular weight is 222 g/mol. The number of carbonyl (C=O) groups excluding carboxylic acids is 1. The van der Waals surface area contributed by atoms with Gasteiger partial charge in [0.1, 0.15) is 0 Å². The Bertz CT molecular complexity index is 350. The van der Waals surface area contributed by atoms with Crippen LogP contribution in [0.1, 0.15) is 13.3 Å². The van der Waals surface area contributed by atoms with E-state index in [4.69, 9.17) is 9.29 Å². The van der Waals surface area contributed by atoms with Crippen LogP contribution in [0.4, 0.5) is 0 Å². The first-order chi connectivity index (χ1) is 6.38. The van der Waals surface area contributed by atoms with E-state index < -0.39 is 16.4 Å².